The Kier molecular flexibility index (Phi) is 6.80. The molecule has 0 saturated carbocycles. The first-order valence-electron chi connectivity index (χ1n) is 11.3. The molecule has 2 atom stereocenters. The number of nitrogens with zero attached hydrogens (tertiary/aromatic N) is 2. The molecule has 2 N–H and O–H groups in total. The van der Waals surface area contributed by atoms with E-state index in [1.54, 1.807) is 32.0 Å². The molecule has 174 valence electrons. The molecule has 4 rings (SSSR count). The molecule has 0 fully saturated rings. The molecule has 0 aromatic heterocycles. The number of hydrogen-bond donors (Lipinski definition) is 2. The summed E-state index contributed by atoms with van der Waals surface area (Å²) in [7, 11) is 3.31. The first kappa shape index (κ1) is 23.3. The van der Waals surface area contributed by atoms with Gasteiger partial charge in [0.05, 0.1) is 31.3 Å². The van der Waals surface area contributed by atoms with Crippen molar-refractivity contribution in [3.05, 3.63) is 71.3 Å². The third kappa shape index (κ3) is 4.33. The van der Waals surface area contributed by atoms with Crippen LogP contribution in [-0.4, -0.2) is 38.1 Å². The molecular weight excluding hydrogens is 428 g/mol. The average Bonchev–Trinajstić information content (AvgIpc) is 3.00. The van der Waals surface area contributed by atoms with Crippen LogP contribution in [0.5, 0.6) is 5.75 Å². The number of rotatable bonds is 6. The highest BCUT2D eigenvalue weighted by atomic mass is 16.5. The standard InChI is InChI=1S/C27H28N4O3/c1-17(29-2)26(32)30-23-13-11-18-7-4-5-10-24(18)31(27(23)33)16-22-21-9-6-8-19(15-28)20(21)12-14-25(22)34-3/h4-10,12,14,17,23,29H,11,13,16H2,1-3H3,(H,30,32)/t17-,23?/m0/s1. The number of nitrogens with one attached hydrogen (secondary N) is 2. The number of aryl methyl sites for hydroxylation is 1. The SMILES string of the molecule is CN[C@@H](C)C(=O)NC1CCc2ccccc2N(Cc2c(OC)ccc3c(C#N)cccc23)C1=O. The van der Waals surface area contributed by atoms with Crippen LogP contribution in [0.3, 0.4) is 0 Å². The van der Waals surface area contributed by atoms with Gasteiger partial charge in [-0.2, -0.15) is 5.26 Å². The highest BCUT2D eigenvalue weighted by Gasteiger charge is 2.33. The van der Waals surface area contributed by atoms with E-state index in [0.29, 0.717) is 24.2 Å². The number of carbonyl (C=O) groups excluding carboxylic acids is 2. The van der Waals surface area contributed by atoms with Crippen LogP contribution in [0.15, 0.2) is 54.6 Å². The quantitative estimate of drug-likeness (QED) is 0.594. The van der Waals surface area contributed by atoms with Crippen LogP contribution in [0.4, 0.5) is 5.69 Å². The van der Waals surface area contributed by atoms with Gasteiger partial charge in [0.1, 0.15) is 11.8 Å². The van der Waals surface area contributed by atoms with Gasteiger partial charge < -0.3 is 20.3 Å². The van der Waals surface area contributed by atoms with Crippen LogP contribution >= 0.6 is 0 Å². The zero-order chi connectivity index (χ0) is 24.2. The molecule has 3 aromatic rings. The van der Waals surface area contributed by atoms with Crippen molar-refractivity contribution >= 4 is 28.3 Å². The van der Waals surface area contributed by atoms with Crippen molar-refractivity contribution in [2.45, 2.75) is 38.4 Å². The molecule has 7 heteroatoms. The zero-order valence-electron chi connectivity index (χ0n) is 19.6. The number of likely N-dealkylation sites (N-methyl/N-ethyl adjacent to an activating group) is 1. The predicted molar refractivity (Wildman–Crippen MR) is 132 cm³/mol. The molecular formula is C27H28N4O3. The van der Waals surface area contributed by atoms with E-state index in [0.717, 1.165) is 27.6 Å². The van der Waals surface area contributed by atoms with Crippen molar-refractivity contribution < 1.29 is 14.3 Å². The molecule has 7 nitrogen and oxygen atoms in total. The normalized spacial score (nSPS) is 16.4. The fraction of sp³-hybridized carbons (Fsp3) is 0.296. The van der Waals surface area contributed by atoms with Crippen molar-refractivity contribution in [1.29, 1.82) is 5.26 Å². The molecule has 0 radical (unpaired) electrons. The van der Waals surface area contributed by atoms with Crippen molar-refractivity contribution in [2.75, 3.05) is 19.1 Å². The molecule has 1 heterocycles. The van der Waals surface area contributed by atoms with Gasteiger partial charge in [0.2, 0.25) is 11.8 Å². The van der Waals surface area contributed by atoms with E-state index in [4.69, 9.17) is 4.74 Å². The van der Waals surface area contributed by atoms with Crippen molar-refractivity contribution in [3.8, 4) is 11.8 Å². The number of anilines is 1. The van der Waals surface area contributed by atoms with Crippen LogP contribution in [-0.2, 0) is 22.6 Å². The topological polar surface area (TPSA) is 94.5 Å². The molecule has 34 heavy (non-hydrogen) atoms. The highest BCUT2D eigenvalue weighted by molar-refractivity contribution is 6.02. The maximum absolute atomic E-state index is 13.8. The molecule has 0 aliphatic carbocycles. The summed E-state index contributed by atoms with van der Waals surface area (Å²) in [5.74, 6) is 0.256. The molecule has 1 unspecified atom stereocenters. The lowest BCUT2D eigenvalue weighted by atomic mass is 9.99. The Labute approximate surface area is 199 Å². The Balaban J connectivity index is 1.80. The fourth-order valence-corrected chi connectivity index (χ4v) is 4.45. The number of benzene rings is 3. The number of amides is 2. The largest absolute Gasteiger partial charge is 0.496 e. The average molecular weight is 457 g/mol. The summed E-state index contributed by atoms with van der Waals surface area (Å²) < 4.78 is 5.66. The predicted octanol–water partition coefficient (Wildman–Crippen LogP) is 3.29. The lowest BCUT2D eigenvalue weighted by Gasteiger charge is -2.28. The lowest BCUT2D eigenvalue weighted by Crippen LogP contribution is -2.52. The molecule has 1 aliphatic rings. The van der Waals surface area contributed by atoms with Crippen LogP contribution in [0.1, 0.15) is 30.0 Å². The number of methoxy groups -OCH3 is 1. The van der Waals surface area contributed by atoms with Crippen LogP contribution in [0, 0.1) is 11.3 Å². The summed E-state index contributed by atoms with van der Waals surface area (Å²) in [6.07, 6.45) is 1.18. The van der Waals surface area contributed by atoms with E-state index in [2.05, 4.69) is 16.7 Å². The van der Waals surface area contributed by atoms with E-state index in [9.17, 15) is 14.9 Å². The zero-order valence-corrected chi connectivity index (χ0v) is 19.6. The molecule has 3 aromatic carbocycles. The maximum Gasteiger partial charge on any atom is 0.249 e. The third-order valence-electron chi connectivity index (χ3n) is 6.48. The second-order valence-corrected chi connectivity index (χ2v) is 8.42. The molecule has 0 spiro atoms. The van der Waals surface area contributed by atoms with Crippen LogP contribution in [0.25, 0.3) is 10.8 Å². The highest BCUT2D eigenvalue weighted by Crippen LogP contribution is 2.35. The van der Waals surface area contributed by atoms with E-state index in [-0.39, 0.29) is 18.4 Å². The number of ether oxygens (including phenoxy) is 1. The molecule has 0 bridgehead atoms. The summed E-state index contributed by atoms with van der Waals surface area (Å²) >= 11 is 0. The summed E-state index contributed by atoms with van der Waals surface area (Å²) in [5.41, 5.74) is 3.25. The minimum Gasteiger partial charge on any atom is -0.496 e. The number of para-hydroxylation sites is 1. The Morgan fingerprint density at radius 3 is 2.71 bits per heavy atom. The second-order valence-electron chi connectivity index (χ2n) is 8.42. The first-order chi connectivity index (χ1) is 16.5. The number of hydrogen-bond acceptors (Lipinski definition) is 5. The van der Waals surface area contributed by atoms with Gasteiger partial charge in [-0.25, -0.2) is 0 Å². The smallest absolute Gasteiger partial charge is 0.249 e. The summed E-state index contributed by atoms with van der Waals surface area (Å²) in [6, 6.07) is 18.3. The monoisotopic (exact) mass is 456 g/mol. The van der Waals surface area contributed by atoms with Gasteiger partial charge in [-0.15, -0.1) is 0 Å². The lowest BCUT2D eigenvalue weighted by molar-refractivity contribution is -0.128. The van der Waals surface area contributed by atoms with Crippen molar-refractivity contribution in [1.82, 2.24) is 10.6 Å². The Morgan fingerprint density at radius 1 is 1.18 bits per heavy atom. The third-order valence-corrected chi connectivity index (χ3v) is 6.48. The van der Waals surface area contributed by atoms with Gasteiger partial charge in [-0.1, -0.05) is 30.3 Å². The Bertz CT molecular complexity index is 1280. The Morgan fingerprint density at radius 2 is 1.97 bits per heavy atom. The van der Waals surface area contributed by atoms with E-state index in [1.165, 1.54) is 0 Å². The maximum atomic E-state index is 13.8. The van der Waals surface area contributed by atoms with Gasteiger partial charge in [0.15, 0.2) is 0 Å². The summed E-state index contributed by atoms with van der Waals surface area (Å²) in [4.78, 5) is 28.1. The van der Waals surface area contributed by atoms with E-state index < -0.39 is 12.1 Å². The minimum absolute atomic E-state index is 0.169. The number of fused-ring (bicyclic) bond motifs is 2. The summed E-state index contributed by atoms with van der Waals surface area (Å²) in [5, 5.41) is 17.1. The summed E-state index contributed by atoms with van der Waals surface area (Å²) in [6.45, 7) is 2.01. The second kappa shape index (κ2) is 9.94. The first-order valence-corrected chi connectivity index (χ1v) is 11.3. The molecule has 0 saturated heterocycles. The van der Waals surface area contributed by atoms with Gasteiger partial charge in [0, 0.05) is 16.6 Å². The van der Waals surface area contributed by atoms with Gasteiger partial charge in [-0.3, -0.25) is 9.59 Å². The molecule has 2 amide bonds. The van der Waals surface area contributed by atoms with Crippen LogP contribution in [0.2, 0.25) is 0 Å². The van der Waals surface area contributed by atoms with E-state index in [1.807, 2.05) is 48.5 Å². The van der Waals surface area contributed by atoms with Crippen molar-refractivity contribution in [2.24, 2.45) is 0 Å². The van der Waals surface area contributed by atoms with Gasteiger partial charge in [-0.05, 0) is 62.0 Å². The van der Waals surface area contributed by atoms with E-state index >= 15 is 0 Å². The minimum atomic E-state index is -0.647. The Hall–Kier alpha value is -3.89. The number of nitriles is 1. The van der Waals surface area contributed by atoms with Crippen LogP contribution < -0.4 is 20.3 Å². The van der Waals surface area contributed by atoms with Crippen molar-refractivity contribution in [3.63, 3.8) is 0 Å². The van der Waals surface area contributed by atoms with Gasteiger partial charge >= 0.3 is 0 Å². The fourth-order valence-electron chi connectivity index (χ4n) is 4.45. The number of carbonyl (C=O) groups is 2. The van der Waals surface area contributed by atoms with Gasteiger partial charge in [0.25, 0.3) is 0 Å². The molecule has 1 aliphatic heterocycles.